The average Bonchev–Trinajstić information content (AvgIpc) is 2.76. The first-order chi connectivity index (χ1) is 13.7. The van der Waals surface area contributed by atoms with Crippen LogP contribution in [0.15, 0.2) is 35.3 Å². The van der Waals surface area contributed by atoms with Gasteiger partial charge in [-0.25, -0.2) is 4.68 Å². The van der Waals surface area contributed by atoms with Gasteiger partial charge < -0.3 is 14.7 Å². The van der Waals surface area contributed by atoms with Crippen molar-refractivity contribution in [1.82, 2.24) is 24.9 Å². The highest BCUT2D eigenvalue weighted by Crippen LogP contribution is 2.19. The molecule has 0 N–H and O–H groups in total. The molecule has 4 heterocycles. The Balaban J connectivity index is 1.31. The Morgan fingerprint density at radius 1 is 0.857 bits per heavy atom. The normalized spacial score (nSPS) is 17.6. The Bertz CT molecular complexity index is 853. The summed E-state index contributed by atoms with van der Waals surface area (Å²) in [6, 6.07) is 7.03. The van der Waals surface area contributed by atoms with E-state index in [2.05, 4.69) is 25.1 Å². The Morgan fingerprint density at radius 3 is 2.11 bits per heavy atom. The highest BCUT2D eigenvalue weighted by Gasteiger charge is 2.23. The highest BCUT2D eigenvalue weighted by molar-refractivity contribution is 5.76. The third-order valence-electron chi connectivity index (χ3n) is 5.34. The lowest BCUT2D eigenvalue weighted by Crippen LogP contribution is -2.50. The van der Waals surface area contributed by atoms with Gasteiger partial charge in [0.25, 0.3) is 5.56 Å². The number of piperidine rings is 1. The molecule has 0 atom stereocenters. The van der Waals surface area contributed by atoms with Crippen molar-refractivity contribution in [2.45, 2.75) is 25.8 Å². The zero-order chi connectivity index (χ0) is 19.3. The molecular weight excluding hydrogens is 358 g/mol. The molecule has 2 fully saturated rings. The highest BCUT2D eigenvalue weighted by atomic mass is 16.2. The number of piperazine rings is 1. The number of hydrogen-bond donors (Lipinski definition) is 0. The SMILES string of the molecule is O=C(Cn1ncccc1=O)N1CCN(c2ccc(N3CCCCC3)nn2)CC1. The van der Waals surface area contributed by atoms with Crippen LogP contribution in [0.2, 0.25) is 0 Å². The zero-order valence-corrected chi connectivity index (χ0v) is 15.9. The molecule has 4 rings (SSSR count). The second-order valence-electron chi connectivity index (χ2n) is 7.18. The molecule has 148 valence electrons. The predicted octanol–water partition coefficient (Wildman–Crippen LogP) is 0.372. The van der Waals surface area contributed by atoms with Gasteiger partial charge in [0.2, 0.25) is 5.91 Å². The number of aromatic nitrogens is 4. The van der Waals surface area contributed by atoms with Crippen molar-refractivity contribution in [2.75, 3.05) is 49.1 Å². The summed E-state index contributed by atoms with van der Waals surface area (Å²) in [5, 5.41) is 12.8. The standard InChI is InChI=1S/C19H25N7O2/c27-18-5-4-8-20-26(18)15-19(28)25-13-11-24(12-14-25)17-7-6-16(21-22-17)23-9-2-1-3-10-23/h4-8H,1-3,9-15H2. The van der Waals surface area contributed by atoms with Gasteiger partial charge in [-0.2, -0.15) is 5.10 Å². The minimum Gasteiger partial charge on any atom is -0.355 e. The van der Waals surface area contributed by atoms with Gasteiger partial charge in [0.05, 0.1) is 0 Å². The second-order valence-corrected chi connectivity index (χ2v) is 7.18. The number of rotatable bonds is 4. The molecule has 0 radical (unpaired) electrons. The van der Waals surface area contributed by atoms with Gasteiger partial charge in [0, 0.05) is 51.5 Å². The summed E-state index contributed by atoms with van der Waals surface area (Å²) in [6.07, 6.45) is 5.23. The maximum atomic E-state index is 12.5. The van der Waals surface area contributed by atoms with E-state index in [-0.39, 0.29) is 18.0 Å². The molecule has 9 heteroatoms. The summed E-state index contributed by atoms with van der Waals surface area (Å²) < 4.78 is 1.19. The number of carbonyl (C=O) groups is 1. The van der Waals surface area contributed by atoms with E-state index >= 15 is 0 Å². The Kier molecular flexibility index (Phi) is 5.50. The monoisotopic (exact) mass is 383 g/mol. The van der Waals surface area contributed by atoms with Gasteiger partial charge in [-0.1, -0.05) is 0 Å². The summed E-state index contributed by atoms with van der Waals surface area (Å²) in [7, 11) is 0. The molecule has 9 nitrogen and oxygen atoms in total. The number of hydrogen-bond acceptors (Lipinski definition) is 7. The fraction of sp³-hybridized carbons (Fsp3) is 0.526. The van der Waals surface area contributed by atoms with Gasteiger partial charge in [-0.15, -0.1) is 10.2 Å². The van der Waals surface area contributed by atoms with Gasteiger partial charge in [-0.05, 0) is 37.5 Å². The van der Waals surface area contributed by atoms with E-state index in [1.807, 2.05) is 12.1 Å². The third-order valence-corrected chi connectivity index (χ3v) is 5.34. The summed E-state index contributed by atoms with van der Waals surface area (Å²) in [5.74, 6) is 1.69. The maximum absolute atomic E-state index is 12.5. The molecular formula is C19H25N7O2. The molecule has 2 saturated heterocycles. The van der Waals surface area contributed by atoms with E-state index in [1.165, 1.54) is 36.2 Å². The lowest BCUT2D eigenvalue weighted by molar-refractivity contribution is -0.132. The molecule has 2 aliphatic rings. The van der Waals surface area contributed by atoms with Crippen LogP contribution in [0.4, 0.5) is 11.6 Å². The topological polar surface area (TPSA) is 87.5 Å². The third kappa shape index (κ3) is 4.13. The van der Waals surface area contributed by atoms with Gasteiger partial charge in [0.1, 0.15) is 6.54 Å². The molecule has 1 amide bonds. The van der Waals surface area contributed by atoms with Crippen LogP contribution in [-0.4, -0.2) is 70.1 Å². The molecule has 0 unspecified atom stereocenters. The minimum atomic E-state index is -0.265. The van der Waals surface area contributed by atoms with Gasteiger partial charge in [0.15, 0.2) is 11.6 Å². The van der Waals surface area contributed by atoms with Crippen LogP contribution in [0.1, 0.15) is 19.3 Å². The van der Waals surface area contributed by atoms with Crippen molar-refractivity contribution in [3.63, 3.8) is 0 Å². The summed E-state index contributed by atoms with van der Waals surface area (Å²) in [6.45, 7) is 4.65. The van der Waals surface area contributed by atoms with Gasteiger partial charge >= 0.3 is 0 Å². The average molecular weight is 383 g/mol. The molecule has 2 aromatic heterocycles. The Labute approximate surface area is 163 Å². The van der Waals surface area contributed by atoms with Crippen molar-refractivity contribution in [3.05, 3.63) is 40.8 Å². The predicted molar refractivity (Wildman–Crippen MR) is 105 cm³/mol. The molecule has 2 aliphatic heterocycles. The van der Waals surface area contributed by atoms with Crippen molar-refractivity contribution in [3.8, 4) is 0 Å². The van der Waals surface area contributed by atoms with E-state index in [1.54, 1.807) is 11.0 Å². The van der Waals surface area contributed by atoms with Crippen LogP contribution < -0.4 is 15.4 Å². The molecule has 2 aromatic rings. The number of nitrogens with zero attached hydrogens (tertiary/aromatic N) is 7. The zero-order valence-electron chi connectivity index (χ0n) is 15.9. The molecule has 0 bridgehead atoms. The Morgan fingerprint density at radius 2 is 1.50 bits per heavy atom. The molecule has 0 saturated carbocycles. The van der Waals surface area contributed by atoms with Crippen molar-refractivity contribution in [2.24, 2.45) is 0 Å². The van der Waals surface area contributed by atoms with E-state index in [9.17, 15) is 9.59 Å². The van der Waals surface area contributed by atoms with Crippen LogP contribution in [0.25, 0.3) is 0 Å². The fourth-order valence-corrected chi connectivity index (χ4v) is 3.70. The van der Waals surface area contributed by atoms with Crippen molar-refractivity contribution in [1.29, 1.82) is 0 Å². The fourth-order valence-electron chi connectivity index (χ4n) is 3.70. The Hall–Kier alpha value is -2.97. The number of carbonyl (C=O) groups excluding carboxylic acids is 1. The summed E-state index contributed by atoms with van der Waals surface area (Å²) in [4.78, 5) is 30.4. The molecule has 0 spiro atoms. The van der Waals surface area contributed by atoms with Crippen LogP contribution >= 0.6 is 0 Å². The van der Waals surface area contributed by atoms with E-state index in [0.29, 0.717) is 26.2 Å². The summed E-state index contributed by atoms with van der Waals surface area (Å²) in [5.41, 5.74) is -0.265. The first-order valence-corrected chi connectivity index (χ1v) is 9.84. The van der Waals surface area contributed by atoms with E-state index in [0.717, 1.165) is 24.7 Å². The number of amides is 1. The minimum absolute atomic E-state index is 0.0238. The van der Waals surface area contributed by atoms with E-state index < -0.39 is 0 Å². The van der Waals surface area contributed by atoms with Gasteiger partial charge in [-0.3, -0.25) is 9.59 Å². The first kappa shape index (κ1) is 18.4. The van der Waals surface area contributed by atoms with E-state index in [4.69, 9.17) is 0 Å². The van der Waals surface area contributed by atoms with Crippen molar-refractivity contribution < 1.29 is 4.79 Å². The molecule has 28 heavy (non-hydrogen) atoms. The smallest absolute Gasteiger partial charge is 0.267 e. The molecule has 0 aromatic carbocycles. The number of anilines is 2. The summed E-state index contributed by atoms with van der Waals surface area (Å²) >= 11 is 0. The first-order valence-electron chi connectivity index (χ1n) is 9.84. The largest absolute Gasteiger partial charge is 0.355 e. The van der Waals surface area contributed by atoms with Crippen molar-refractivity contribution >= 4 is 17.5 Å². The lowest BCUT2D eigenvalue weighted by atomic mass is 10.1. The van der Waals surface area contributed by atoms with Crippen LogP contribution in [0.5, 0.6) is 0 Å². The molecule has 0 aliphatic carbocycles. The van der Waals surface area contributed by atoms with Crippen LogP contribution in [0, 0.1) is 0 Å². The maximum Gasteiger partial charge on any atom is 0.267 e. The van der Waals surface area contributed by atoms with Crippen LogP contribution in [-0.2, 0) is 11.3 Å². The quantitative estimate of drug-likeness (QED) is 0.754. The second kappa shape index (κ2) is 8.37. The van der Waals surface area contributed by atoms with Crippen LogP contribution in [0.3, 0.4) is 0 Å². The lowest BCUT2D eigenvalue weighted by Gasteiger charge is -2.35.